The van der Waals surface area contributed by atoms with Crippen molar-refractivity contribution in [2.45, 2.75) is 39.5 Å². The van der Waals surface area contributed by atoms with Crippen LogP contribution in [0.1, 0.15) is 38.0 Å². The molecule has 2 rings (SSSR count). The molecule has 0 aliphatic heterocycles. The van der Waals surface area contributed by atoms with Crippen molar-refractivity contribution in [2.24, 2.45) is 0 Å². The molecule has 3 heteroatoms. The van der Waals surface area contributed by atoms with Crippen LogP contribution < -0.4 is 0 Å². The van der Waals surface area contributed by atoms with Crippen LogP contribution in [0.3, 0.4) is 0 Å². The molecule has 1 atom stereocenters. The van der Waals surface area contributed by atoms with Crippen LogP contribution in [0.15, 0.2) is 72.3 Å². The Morgan fingerprint density at radius 1 is 1.04 bits per heavy atom. The van der Waals surface area contributed by atoms with E-state index in [1.54, 1.807) is 0 Å². The molecule has 0 radical (unpaired) electrons. The third-order valence-corrected chi connectivity index (χ3v) is 4.48. The van der Waals surface area contributed by atoms with Gasteiger partial charge in [0.25, 0.3) is 0 Å². The summed E-state index contributed by atoms with van der Waals surface area (Å²) in [6.07, 6.45) is 3.02. The summed E-state index contributed by atoms with van der Waals surface area (Å²) in [7, 11) is 0. The molecule has 0 amide bonds. The molecule has 26 heavy (non-hydrogen) atoms. The fourth-order valence-corrected chi connectivity index (χ4v) is 2.96. The summed E-state index contributed by atoms with van der Waals surface area (Å²) in [5, 5.41) is 7.35. The van der Waals surface area contributed by atoms with Crippen LogP contribution in [-0.4, -0.2) is 30.3 Å². The zero-order chi connectivity index (χ0) is 18.8. The highest BCUT2D eigenvalue weighted by Gasteiger charge is 2.16. The third-order valence-electron chi connectivity index (χ3n) is 4.48. The molecule has 0 aromatic heterocycles. The zero-order valence-corrected chi connectivity index (χ0v) is 16.1. The second kappa shape index (κ2) is 10.7. The molecule has 0 heterocycles. The number of ether oxygens (including phenoxy) is 1. The summed E-state index contributed by atoms with van der Waals surface area (Å²) in [5.41, 5.74) is 3.49. The quantitative estimate of drug-likeness (QED) is 0.594. The highest BCUT2D eigenvalue weighted by Crippen LogP contribution is 2.25. The summed E-state index contributed by atoms with van der Waals surface area (Å²) in [6.45, 7) is 8.90. The molecule has 138 valence electrons. The first kappa shape index (κ1) is 20.1. The summed E-state index contributed by atoms with van der Waals surface area (Å²) < 4.78 is 6.25. The number of benzene rings is 2. The molecule has 0 saturated carbocycles. The van der Waals surface area contributed by atoms with Gasteiger partial charge in [0.2, 0.25) is 0 Å². The maximum absolute atomic E-state index is 7.35. The van der Waals surface area contributed by atoms with Crippen LogP contribution in [0.4, 0.5) is 0 Å². The Morgan fingerprint density at radius 3 is 2.23 bits per heavy atom. The van der Waals surface area contributed by atoms with Gasteiger partial charge in [0, 0.05) is 25.3 Å². The first-order valence-electron chi connectivity index (χ1n) is 9.23. The monoisotopic (exact) mass is 350 g/mol. The smallest absolute Gasteiger partial charge is 0.104 e. The first-order valence-corrected chi connectivity index (χ1v) is 9.23. The Bertz CT molecular complexity index is 680. The van der Waals surface area contributed by atoms with E-state index >= 15 is 0 Å². The normalized spacial score (nSPS) is 13.2. The van der Waals surface area contributed by atoms with Crippen LogP contribution in [0.5, 0.6) is 0 Å². The van der Waals surface area contributed by atoms with Crippen LogP contribution in [0, 0.1) is 5.41 Å². The van der Waals surface area contributed by atoms with Crippen LogP contribution in [0.2, 0.25) is 0 Å². The average molecular weight is 351 g/mol. The molecule has 0 bridgehead atoms. The van der Waals surface area contributed by atoms with Crippen molar-refractivity contribution in [3.63, 3.8) is 0 Å². The number of allylic oxidation sites excluding steroid dienone is 1. The van der Waals surface area contributed by atoms with Crippen molar-refractivity contribution in [1.82, 2.24) is 4.90 Å². The molecule has 0 fully saturated rings. The lowest BCUT2D eigenvalue weighted by atomic mass is 10.0. The van der Waals surface area contributed by atoms with E-state index in [2.05, 4.69) is 61.2 Å². The summed E-state index contributed by atoms with van der Waals surface area (Å²) in [4.78, 5) is 2.42. The molecule has 0 aliphatic carbocycles. The molecule has 1 unspecified atom stereocenters. The van der Waals surface area contributed by atoms with E-state index in [1.807, 2.05) is 31.2 Å². The first-order chi connectivity index (χ1) is 12.6. The minimum Gasteiger partial charge on any atom is -0.368 e. The van der Waals surface area contributed by atoms with Gasteiger partial charge in [0.15, 0.2) is 0 Å². The molecule has 3 nitrogen and oxygen atoms in total. The largest absolute Gasteiger partial charge is 0.368 e. The number of hydrogen-bond acceptors (Lipinski definition) is 3. The second-order valence-electron chi connectivity index (χ2n) is 6.79. The molecule has 1 N–H and O–H groups in total. The molecule has 0 spiro atoms. The Balaban J connectivity index is 2.00. The van der Waals surface area contributed by atoms with Crippen LogP contribution >= 0.6 is 0 Å². The van der Waals surface area contributed by atoms with Crippen LogP contribution in [-0.2, 0) is 11.3 Å². The van der Waals surface area contributed by atoms with Crippen molar-refractivity contribution in [1.29, 1.82) is 5.41 Å². The number of hydrogen-bond donors (Lipinski definition) is 1. The second-order valence-corrected chi connectivity index (χ2v) is 6.79. The minimum absolute atomic E-state index is 0.108. The predicted octanol–water partition coefficient (Wildman–Crippen LogP) is 5.25. The summed E-state index contributed by atoms with van der Waals surface area (Å²) in [5.74, 6) is 0. The van der Waals surface area contributed by atoms with Gasteiger partial charge in [-0.15, -0.1) is 0 Å². The molecule has 0 saturated heterocycles. The van der Waals surface area contributed by atoms with E-state index in [0.717, 1.165) is 24.2 Å². The maximum atomic E-state index is 7.35. The number of nitrogens with zero attached hydrogens (tertiary/aromatic N) is 1. The van der Waals surface area contributed by atoms with E-state index in [4.69, 9.17) is 10.1 Å². The molecular weight excluding hydrogens is 320 g/mol. The molecule has 2 aromatic rings. The van der Waals surface area contributed by atoms with E-state index in [9.17, 15) is 0 Å². The highest BCUT2D eigenvalue weighted by atomic mass is 16.5. The SMILES string of the molecule is C/C(=C\C=N)C(OCCN(Cc1ccccc1)C(C)C)c1ccccc1. The van der Waals surface area contributed by atoms with Gasteiger partial charge < -0.3 is 10.1 Å². The average Bonchev–Trinajstić information content (AvgIpc) is 2.65. The van der Waals surface area contributed by atoms with E-state index in [-0.39, 0.29) is 6.10 Å². The van der Waals surface area contributed by atoms with Crippen molar-refractivity contribution in [2.75, 3.05) is 13.2 Å². The van der Waals surface area contributed by atoms with Gasteiger partial charge in [-0.05, 0) is 43.5 Å². The topological polar surface area (TPSA) is 36.3 Å². The predicted molar refractivity (Wildman–Crippen MR) is 110 cm³/mol. The fourth-order valence-electron chi connectivity index (χ4n) is 2.96. The number of nitrogens with one attached hydrogen (secondary N) is 1. The van der Waals surface area contributed by atoms with E-state index in [0.29, 0.717) is 12.6 Å². The Labute approximate surface area is 157 Å². The summed E-state index contributed by atoms with van der Waals surface area (Å²) in [6, 6.07) is 21.2. The van der Waals surface area contributed by atoms with Gasteiger partial charge >= 0.3 is 0 Å². The molecule has 2 aromatic carbocycles. The standard InChI is InChI=1S/C23H30N2O/c1-19(2)25(18-21-10-6-4-7-11-21)16-17-26-23(20(3)14-15-24)22-12-8-5-9-13-22/h4-15,19,23-24H,16-18H2,1-3H3/b20-14+,24-15?. The summed E-state index contributed by atoms with van der Waals surface area (Å²) >= 11 is 0. The molecule has 0 aliphatic rings. The van der Waals surface area contributed by atoms with Crippen LogP contribution in [0.25, 0.3) is 0 Å². The lowest BCUT2D eigenvalue weighted by Crippen LogP contribution is -2.33. The maximum Gasteiger partial charge on any atom is 0.104 e. The van der Waals surface area contributed by atoms with Gasteiger partial charge in [0.1, 0.15) is 6.10 Å². The van der Waals surface area contributed by atoms with Crippen molar-refractivity contribution in [3.8, 4) is 0 Å². The van der Waals surface area contributed by atoms with Crippen molar-refractivity contribution in [3.05, 3.63) is 83.4 Å². The minimum atomic E-state index is -0.108. The highest BCUT2D eigenvalue weighted by molar-refractivity contribution is 5.69. The van der Waals surface area contributed by atoms with E-state index in [1.165, 1.54) is 11.8 Å². The van der Waals surface area contributed by atoms with Crippen molar-refractivity contribution >= 4 is 6.21 Å². The van der Waals surface area contributed by atoms with Crippen molar-refractivity contribution < 1.29 is 4.74 Å². The Hall–Kier alpha value is -2.23. The van der Waals surface area contributed by atoms with E-state index < -0.39 is 0 Å². The molecular formula is C23H30N2O. The number of rotatable bonds is 10. The zero-order valence-electron chi connectivity index (χ0n) is 16.1. The third kappa shape index (κ3) is 6.25. The van der Waals surface area contributed by atoms with Gasteiger partial charge in [0.05, 0.1) is 6.61 Å². The Kier molecular flexibility index (Phi) is 8.26. The van der Waals surface area contributed by atoms with Gasteiger partial charge in [-0.2, -0.15) is 0 Å². The fraction of sp³-hybridized carbons (Fsp3) is 0.348. The lowest BCUT2D eigenvalue weighted by molar-refractivity contribution is 0.0489. The lowest BCUT2D eigenvalue weighted by Gasteiger charge is -2.28. The Morgan fingerprint density at radius 2 is 1.65 bits per heavy atom. The van der Waals surface area contributed by atoms with Gasteiger partial charge in [-0.3, -0.25) is 4.90 Å². The van der Waals surface area contributed by atoms with Gasteiger partial charge in [-0.25, -0.2) is 0 Å². The van der Waals surface area contributed by atoms with Gasteiger partial charge in [-0.1, -0.05) is 60.7 Å².